The molecule has 3 aliphatic rings. The fourth-order valence-corrected chi connectivity index (χ4v) is 5.84. The van der Waals surface area contributed by atoms with Crippen molar-refractivity contribution in [2.75, 3.05) is 37.7 Å². The van der Waals surface area contributed by atoms with Gasteiger partial charge in [-0.3, -0.25) is 4.79 Å². The molecule has 1 aromatic heterocycles. The maximum atomic E-state index is 15.1. The number of aliphatic hydroxyl groups is 4. The van der Waals surface area contributed by atoms with E-state index >= 15 is 4.39 Å². The molecule has 0 amide bonds. The second-order valence-electron chi connectivity index (χ2n) is 8.76. The van der Waals surface area contributed by atoms with Gasteiger partial charge in [0.1, 0.15) is 35.8 Å². The smallest absolute Gasteiger partial charge is 0.347 e. The van der Waals surface area contributed by atoms with Gasteiger partial charge in [-0.2, -0.15) is 0 Å². The number of aromatic nitrogens is 1. The quantitative estimate of drug-likeness (QED) is 0.326. The van der Waals surface area contributed by atoms with E-state index in [9.17, 15) is 30.0 Å². The van der Waals surface area contributed by atoms with E-state index in [0.29, 0.717) is 42.4 Å². The van der Waals surface area contributed by atoms with Crippen LogP contribution in [-0.2, 0) is 9.47 Å². The van der Waals surface area contributed by atoms with Crippen molar-refractivity contribution >= 4 is 34.3 Å². The van der Waals surface area contributed by atoms with Crippen molar-refractivity contribution in [3.63, 3.8) is 0 Å². The van der Waals surface area contributed by atoms with Gasteiger partial charge in [-0.25, -0.2) is 9.18 Å². The van der Waals surface area contributed by atoms with Gasteiger partial charge < -0.3 is 44.7 Å². The van der Waals surface area contributed by atoms with Crippen molar-refractivity contribution in [2.45, 2.75) is 48.0 Å². The summed E-state index contributed by atoms with van der Waals surface area (Å²) in [5.74, 6) is -1.71. The first-order valence-electron chi connectivity index (χ1n) is 11.3. The Morgan fingerprint density at radius 1 is 1.23 bits per heavy atom. The van der Waals surface area contributed by atoms with Crippen LogP contribution in [0.5, 0.6) is 0 Å². The number of carbonyl (C=O) groups is 1. The number of hydrogen-bond donors (Lipinski definition) is 5. The molecule has 5 rings (SSSR count). The molecule has 5 N–H and O–H groups in total. The van der Waals surface area contributed by atoms with Crippen molar-refractivity contribution in [1.82, 2.24) is 9.88 Å². The number of halogens is 1. The average Bonchev–Trinajstić information content (AvgIpc) is 2.84. The second-order valence-corrected chi connectivity index (χ2v) is 10.1. The number of pyridine rings is 1. The van der Waals surface area contributed by atoms with E-state index in [0.717, 1.165) is 6.07 Å². The van der Waals surface area contributed by atoms with Gasteiger partial charge in [0, 0.05) is 31.6 Å². The summed E-state index contributed by atoms with van der Waals surface area (Å²) in [7, 11) is 0. The van der Waals surface area contributed by atoms with E-state index in [1.165, 1.54) is 11.8 Å². The lowest BCUT2D eigenvalue weighted by molar-refractivity contribution is -0.285. The molecule has 0 bridgehead atoms. The van der Waals surface area contributed by atoms with E-state index in [1.54, 1.807) is 10.6 Å². The Labute approximate surface area is 203 Å². The third kappa shape index (κ3) is 4.00. The van der Waals surface area contributed by atoms with Gasteiger partial charge in [-0.15, -0.1) is 0 Å². The first kappa shape index (κ1) is 24.4. The molecule has 190 valence electrons. The van der Waals surface area contributed by atoms with E-state index in [1.807, 2.05) is 11.8 Å². The van der Waals surface area contributed by atoms with Crippen LogP contribution in [0, 0.1) is 5.82 Å². The van der Waals surface area contributed by atoms with Crippen molar-refractivity contribution < 1.29 is 39.1 Å². The average molecular weight is 512 g/mol. The molecular weight excluding hydrogens is 485 g/mol. The van der Waals surface area contributed by atoms with Crippen LogP contribution in [0.3, 0.4) is 0 Å². The number of piperazine rings is 1. The fourth-order valence-electron chi connectivity index (χ4n) is 4.69. The molecule has 1 unspecified atom stereocenters. The molecule has 0 spiro atoms. The highest BCUT2D eigenvalue weighted by Crippen LogP contribution is 2.47. The van der Waals surface area contributed by atoms with Crippen LogP contribution in [0.2, 0.25) is 0 Å². The van der Waals surface area contributed by atoms with Crippen molar-refractivity contribution in [3.05, 3.63) is 33.7 Å². The summed E-state index contributed by atoms with van der Waals surface area (Å²) in [6, 6.07) is 2.76. The molecule has 2 saturated heterocycles. The standard InChI is InChI=1S/C22H26FN3O8S/c1-9-26-12-7-13(25-4-2-24-3-5-25)11(23)6-10(12)16(28)15(20(26)35-9)21(32)34-22-19(31)18(30)17(29)14(8-27)33-22/h6-7,9,14,17-19,22,24,27,29-31H,2-5,8H2,1H3/t9?,14-,17-,18+,19-,22+/m1/s1. The first-order valence-corrected chi connectivity index (χ1v) is 12.2. The molecule has 6 atom stereocenters. The Balaban J connectivity index is 1.53. The number of carbonyl (C=O) groups excluding carboxylic acids is 1. The van der Waals surface area contributed by atoms with Gasteiger partial charge in [0.05, 0.1) is 28.2 Å². The molecule has 4 heterocycles. The van der Waals surface area contributed by atoms with E-state index in [4.69, 9.17) is 9.47 Å². The van der Waals surface area contributed by atoms with Crippen LogP contribution in [0.4, 0.5) is 10.1 Å². The van der Waals surface area contributed by atoms with Crippen LogP contribution >= 0.6 is 11.8 Å². The molecule has 0 saturated carbocycles. The lowest BCUT2D eigenvalue weighted by Crippen LogP contribution is -2.59. The zero-order chi connectivity index (χ0) is 25.0. The number of ether oxygens (including phenoxy) is 2. The minimum atomic E-state index is -1.81. The Morgan fingerprint density at radius 2 is 1.94 bits per heavy atom. The number of fused-ring (bicyclic) bond motifs is 3. The molecule has 2 fully saturated rings. The predicted molar refractivity (Wildman–Crippen MR) is 123 cm³/mol. The monoisotopic (exact) mass is 511 g/mol. The number of benzene rings is 1. The molecule has 2 aromatic rings. The van der Waals surface area contributed by atoms with E-state index < -0.39 is 54.5 Å². The summed E-state index contributed by atoms with van der Waals surface area (Å²) < 4.78 is 27.3. The number of esters is 1. The van der Waals surface area contributed by atoms with Crippen LogP contribution in [0.1, 0.15) is 22.7 Å². The van der Waals surface area contributed by atoms with Gasteiger partial charge in [-0.05, 0) is 19.1 Å². The summed E-state index contributed by atoms with van der Waals surface area (Å²) in [4.78, 5) is 28.3. The molecule has 35 heavy (non-hydrogen) atoms. The fraction of sp³-hybridized carbons (Fsp3) is 0.545. The van der Waals surface area contributed by atoms with Crippen molar-refractivity contribution in [1.29, 1.82) is 0 Å². The number of nitrogens with one attached hydrogen (secondary N) is 1. The highest BCUT2D eigenvalue weighted by molar-refractivity contribution is 8.00. The summed E-state index contributed by atoms with van der Waals surface area (Å²) in [5.41, 5.74) is -0.192. The van der Waals surface area contributed by atoms with Crippen LogP contribution in [0.15, 0.2) is 22.0 Å². The molecule has 0 radical (unpaired) electrons. The maximum Gasteiger partial charge on any atom is 0.347 e. The van der Waals surface area contributed by atoms with Gasteiger partial charge in [0.15, 0.2) is 0 Å². The molecule has 13 heteroatoms. The Kier molecular flexibility index (Phi) is 6.50. The zero-order valence-corrected chi connectivity index (χ0v) is 19.6. The van der Waals surface area contributed by atoms with Gasteiger partial charge >= 0.3 is 5.97 Å². The normalized spacial score (nSPS) is 30.6. The number of hydrogen-bond acceptors (Lipinski definition) is 11. The highest BCUT2D eigenvalue weighted by Gasteiger charge is 2.46. The van der Waals surface area contributed by atoms with Crippen LogP contribution < -0.4 is 15.6 Å². The summed E-state index contributed by atoms with van der Waals surface area (Å²) in [6.45, 7) is 3.84. The molecule has 0 aliphatic carbocycles. The lowest BCUT2D eigenvalue weighted by Gasteiger charge is -2.39. The minimum absolute atomic E-state index is 0.0121. The Morgan fingerprint density at radius 3 is 2.60 bits per heavy atom. The zero-order valence-electron chi connectivity index (χ0n) is 18.8. The van der Waals surface area contributed by atoms with Gasteiger partial charge in [0.25, 0.3) is 0 Å². The number of aliphatic hydroxyl groups excluding tert-OH is 4. The van der Waals surface area contributed by atoms with Crippen molar-refractivity contribution in [3.8, 4) is 0 Å². The Hall–Kier alpha value is -2.26. The third-order valence-corrected chi connectivity index (χ3v) is 7.78. The molecule has 3 aliphatic heterocycles. The largest absolute Gasteiger partial charge is 0.429 e. The Bertz CT molecular complexity index is 1220. The van der Waals surface area contributed by atoms with Gasteiger partial charge in [-0.1, -0.05) is 11.8 Å². The predicted octanol–water partition coefficient (Wildman–Crippen LogP) is -0.869. The minimum Gasteiger partial charge on any atom is -0.429 e. The number of nitrogens with zero attached hydrogens (tertiary/aromatic N) is 2. The third-order valence-electron chi connectivity index (χ3n) is 6.61. The number of thioether (sulfide) groups is 1. The number of anilines is 1. The van der Waals surface area contributed by atoms with E-state index in [2.05, 4.69) is 5.32 Å². The SMILES string of the molecule is CC1Sc2c(C(=O)O[C@@H]3O[C@H](CO)[C@@H](O)[C@H](O)[C@H]3O)c(=O)c3cc(F)c(N4CCNCC4)cc3n21. The maximum absolute atomic E-state index is 15.1. The second kappa shape index (κ2) is 9.32. The molecule has 11 nitrogen and oxygen atoms in total. The number of rotatable bonds is 4. The lowest BCUT2D eigenvalue weighted by atomic mass is 9.99. The molecular formula is C22H26FN3O8S. The summed E-state index contributed by atoms with van der Waals surface area (Å²) in [6.07, 6.45) is -8.19. The van der Waals surface area contributed by atoms with Crippen molar-refractivity contribution in [2.24, 2.45) is 0 Å². The summed E-state index contributed by atoms with van der Waals surface area (Å²) >= 11 is 1.26. The summed E-state index contributed by atoms with van der Waals surface area (Å²) in [5, 5.41) is 42.8. The van der Waals surface area contributed by atoms with Crippen LogP contribution in [0.25, 0.3) is 10.9 Å². The molecule has 1 aromatic carbocycles. The van der Waals surface area contributed by atoms with Crippen LogP contribution in [-0.4, -0.2) is 94.5 Å². The van der Waals surface area contributed by atoms with E-state index in [-0.39, 0.29) is 16.3 Å². The first-order chi connectivity index (χ1) is 16.7. The topological polar surface area (TPSA) is 154 Å². The highest BCUT2D eigenvalue weighted by atomic mass is 32.2. The van der Waals surface area contributed by atoms with Gasteiger partial charge in [0.2, 0.25) is 11.7 Å².